The third-order valence-electron chi connectivity index (χ3n) is 2.98. The maximum Gasteiger partial charge on any atom is 0.406 e. The molecule has 2 aromatic rings. The van der Waals surface area contributed by atoms with Crippen molar-refractivity contribution in [2.45, 2.75) is 0 Å². The van der Waals surface area contributed by atoms with Gasteiger partial charge in [-0.3, -0.25) is 4.79 Å². The Morgan fingerprint density at radius 2 is 2.14 bits per heavy atom. The molecule has 0 atom stereocenters. The van der Waals surface area contributed by atoms with Crippen LogP contribution in [0.1, 0.15) is 10.4 Å². The number of carbonyl (C=O) groups is 1. The zero-order valence-electron chi connectivity index (χ0n) is 11.2. The number of hydrogen-bond acceptors (Lipinski definition) is 7. The van der Waals surface area contributed by atoms with E-state index in [1.165, 1.54) is 18.3 Å². The molecule has 0 radical (unpaired) electrons. The molecule has 0 saturated heterocycles. The second kappa shape index (κ2) is 5.68. The van der Waals surface area contributed by atoms with Gasteiger partial charge in [-0.25, -0.2) is 0 Å². The van der Waals surface area contributed by atoms with Gasteiger partial charge in [-0.05, 0) is 40.2 Å². The van der Waals surface area contributed by atoms with Gasteiger partial charge in [0.15, 0.2) is 23.9 Å². The standard InChI is InChI=1S/C14H10N2O6/c17-10(9-3-4-11-13(6-9)22-8-21-11)7-20-12-2-1-5-15-14(12)16(18)19/h1-6H,7-8H2. The minimum Gasteiger partial charge on any atom is -0.477 e. The van der Waals surface area contributed by atoms with Crippen LogP contribution in [0.15, 0.2) is 36.5 Å². The number of nitro groups is 1. The number of fused-ring (bicyclic) bond motifs is 1. The molecule has 8 heteroatoms. The normalized spacial score (nSPS) is 12.0. The number of pyridine rings is 1. The van der Waals surface area contributed by atoms with E-state index in [1.807, 2.05) is 0 Å². The van der Waals surface area contributed by atoms with Crippen molar-refractivity contribution >= 4 is 11.6 Å². The molecule has 8 nitrogen and oxygen atoms in total. The summed E-state index contributed by atoms with van der Waals surface area (Å²) in [7, 11) is 0. The average Bonchev–Trinajstić information content (AvgIpc) is 3.00. The Kier molecular flexibility index (Phi) is 3.57. The molecule has 0 amide bonds. The van der Waals surface area contributed by atoms with Gasteiger partial charge in [-0.1, -0.05) is 0 Å². The van der Waals surface area contributed by atoms with Crippen LogP contribution in [0.5, 0.6) is 17.2 Å². The Hall–Kier alpha value is -3.16. The Morgan fingerprint density at radius 3 is 2.95 bits per heavy atom. The maximum absolute atomic E-state index is 12.1. The lowest BCUT2D eigenvalue weighted by Crippen LogP contribution is -2.12. The minimum absolute atomic E-state index is 0.0541. The molecule has 112 valence electrons. The van der Waals surface area contributed by atoms with Crippen LogP contribution in [0, 0.1) is 10.1 Å². The molecule has 1 aromatic heterocycles. The highest BCUT2D eigenvalue weighted by molar-refractivity contribution is 5.97. The van der Waals surface area contributed by atoms with E-state index in [1.54, 1.807) is 18.2 Å². The van der Waals surface area contributed by atoms with Gasteiger partial charge in [0.1, 0.15) is 6.20 Å². The Bertz CT molecular complexity index is 746. The number of rotatable bonds is 5. The fourth-order valence-corrected chi connectivity index (χ4v) is 1.93. The molecule has 0 saturated carbocycles. The first-order chi connectivity index (χ1) is 10.6. The van der Waals surface area contributed by atoms with Crippen LogP contribution in [0.25, 0.3) is 0 Å². The number of benzene rings is 1. The summed E-state index contributed by atoms with van der Waals surface area (Å²) in [5.74, 6) is 0.234. The van der Waals surface area contributed by atoms with Crippen molar-refractivity contribution in [1.82, 2.24) is 4.98 Å². The molecule has 0 aliphatic carbocycles. The summed E-state index contributed by atoms with van der Waals surface area (Å²) >= 11 is 0. The quantitative estimate of drug-likeness (QED) is 0.473. The molecule has 1 aliphatic heterocycles. The summed E-state index contributed by atoms with van der Waals surface area (Å²) < 4.78 is 15.6. The summed E-state index contributed by atoms with van der Waals surface area (Å²) in [5, 5.41) is 10.8. The Balaban J connectivity index is 1.72. The van der Waals surface area contributed by atoms with Crippen molar-refractivity contribution in [3.05, 3.63) is 52.2 Å². The van der Waals surface area contributed by atoms with E-state index < -0.39 is 10.7 Å². The first-order valence-electron chi connectivity index (χ1n) is 6.30. The SMILES string of the molecule is O=C(COc1cccnc1[N+](=O)[O-])c1ccc2c(c1)OCO2. The largest absolute Gasteiger partial charge is 0.477 e. The topological polar surface area (TPSA) is 101 Å². The molecule has 2 heterocycles. The highest BCUT2D eigenvalue weighted by Crippen LogP contribution is 2.32. The number of nitrogens with zero attached hydrogens (tertiary/aromatic N) is 2. The molecular weight excluding hydrogens is 292 g/mol. The van der Waals surface area contributed by atoms with Gasteiger partial charge in [-0.15, -0.1) is 0 Å². The minimum atomic E-state index is -0.666. The molecule has 0 bridgehead atoms. The first kappa shape index (κ1) is 13.8. The zero-order valence-corrected chi connectivity index (χ0v) is 11.2. The Labute approximate surface area is 124 Å². The number of carbonyl (C=O) groups excluding carboxylic acids is 1. The predicted octanol–water partition coefficient (Wildman–Crippen LogP) is 1.98. The van der Waals surface area contributed by atoms with Gasteiger partial charge in [-0.2, -0.15) is 0 Å². The third kappa shape index (κ3) is 2.66. The molecule has 22 heavy (non-hydrogen) atoms. The number of hydrogen-bond donors (Lipinski definition) is 0. The lowest BCUT2D eigenvalue weighted by atomic mass is 10.1. The molecule has 1 aromatic carbocycles. The van der Waals surface area contributed by atoms with Gasteiger partial charge in [0, 0.05) is 5.56 Å². The van der Waals surface area contributed by atoms with Crippen LogP contribution in [-0.4, -0.2) is 29.1 Å². The number of ketones is 1. The molecule has 0 unspecified atom stereocenters. The molecule has 3 rings (SSSR count). The number of aromatic nitrogens is 1. The van der Waals surface area contributed by atoms with Crippen molar-refractivity contribution in [3.63, 3.8) is 0 Å². The lowest BCUT2D eigenvalue weighted by Gasteiger charge is -2.06. The summed E-state index contributed by atoms with van der Waals surface area (Å²) in [6, 6.07) is 7.63. The molecule has 1 aliphatic rings. The van der Waals surface area contributed by atoms with Crippen LogP contribution in [0.3, 0.4) is 0 Å². The van der Waals surface area contributed by atoms with Gasteiger partial charge in [0.05, 0.1) is 0 Å². The van der Waals surface area contributed by atoms with Gasteiger partial charge in [0.2, 0.25) is 12.5 Å². The van der Waals surface area contributed by atoms with E-state index in [-0.39, 0.29) is 24.9 Å². The van der Waals surface area contributed by atoms with Crippen LogP contribution >= 0.6 is 0 Å². The van der Waals surface area contributed by atoms with E-state index >= 15 is 0 Å². The predicted molar refractivity (Wildman–Crippen MR) is 73.3 cm³/mol. The van der Waals surface area contributed by atoms with E-state index in [0.29, 0.717) is 17.1 Å². The average molecular weight is 302 g/mol. The number of ether oxygens (including phenoxy) is 3. The lowest BCUT2D eigenvalue weighted by molar-refractivity contribution is -0.390. The number of Topliss-reactive ketones (excluding diaryl/α,β-unsaturated/α-hetero) is 1. The second-order valence-corrected chi connectivity index (χ2v) is 4.36. The molecule has 0 fully saturated rings. The first-order valence-corrected chi connectivity index (χ1v) is 6.30. The summed E-state index contributed by atoms with van der Waals surface area (Å²) in [6.07, 6.45) is 1.28. The third-order valence-corrected chi connectivity index (χ3v) is 2.98. The van der Waals surface area contributed by atoms with Crippen molar-refractivity contribution < 1.29 is 23.9 Å². The fourth-order valence-electron chi connectivity index (χ4n) is 1.93. The van der Waals surface area contributed by atoms with Crippen LogP contribution in [0.2, 0.25) is 0 Å². The second-order valence-electron chi connectivity index (χ2n) is 4.36. The van der Waals surface area contributed by atoms with Gasteiger partial charge < -0.3 is 24.3 Å². The summed E-state index contributed by atoms with van der Waals surface area (Å²) in [6.45, 7) is -0.225. The Morgan fingerprint density at radius 1 is 1.32 bits per heavy atom. The van der Waals surface area contributed by atoms with E-state index in [0.717, 1.165) is 0 Å². The fraction of sp³-hybridized carbons (Fsp3) is 0.143. The smallest absolute Gasteiger partial charge is 0.406 e. The van der Waals surface area contributed by atoms with Gasteiger partial charge in [0.25, 0.3) is 0 Å². The van der Waals surface area contributed by atoms with Crippen molar-refractivity contribution in [2.75, 3.05) is 13.4 Å². The summed E-state index contributed by atoms with van der Waals surface area (Å²) in [5.41, 5.74) is 0.371. The molecular formula is C14H10N2O6. The van der Waals surface area contributed by atoms with Crippen molar-refractivity contribution in [2.24, 2.45) is 0 Å². The van der Waals surface area contributed by atoms with E-state index in [9.17, 15) is 14.9 Å². The van der Waals surface area contributed by atoms with Gasteiger partial charge >= 0.3 is 5.82 Å². The van der Waals surface area contributed by atoms with Crippen LogP contribution in [0.4, 0.5) is 5.82 Å². The van der Waals surface area contributed by atoms with Crippen LogP contribution < -0.4 is 14.2 Å². The van der Waals surface area contributed by atoms with E-state index in [2.05, 4.69) is 4.98 Å². The maximum atomic E-state index is 12.1. The monoisotopic (exact) mass is 302 g/mol. The highest BCUT2D eigenvalue weighted by Gasteiger charge is 2.19. The van der Waals surface area contributed by atoms with Crippen LogP contribution in [-0.2, 0) is 0 Å². The van der Waals surface area contributed by atoms with E-state index in [4.69, 9.17) is 14.2 Å². The zero-order chi connectivity index (χ0) is 15.5. The summed E-state index contributed by atoms with van der Waals surface area (Å²) in [4.78, 5) is 25.8. The molecule has 0 N–H and O–H groups in total. The molecule has 0 spiro atoms. The van der Waals surface area contributed by atoms with Crippen molar-refractivity contribution in [3.8, 4) is 17.2 Å². The van der Waals surface area contributed by atoms with Crippen molar-refractivity contribution in [1.29, 1.82) is 0 Å². The highest BCUT2D eigenvalue weighted by atomic mass is 16.7.